The van der Waals surface area contributed by atoms with Gasteiger partial charge < -0.3 is 10.6 Å². The minimum absolute atomic E-state index is 0.116. The van der Waals surface area contributed by atoms with Crippen LogP contribution < -0.4 is 5.73 Å². The van der Waals surface area contributed by atoms with E-state index in [9.17, 15) is 9.59 Å². The fourth-order valence-electron chi connectivity index (χ4n) is 2.67. The number of primary amides is 1. The van der Waals surface area contributed by atoms with Gasteiger partial charge in [-0.1, -0.05) is 19.3 Å². The van der Waals surface area contributed by atoms with Gasteiger partial charge in [-0.25, -0.2) is 0 Å². The van der Waals surface area contributed by atoms with E-state index in [-0.39, 0.29) is 17.7 Å². The summed E-state index contributed by atoms with van der Waals surface area (Å²) >= 11 is 0. The lowest BCUT2D eigenvalue weighted by Crippen LogP contribution is -2.38. The molecule has 1 saturated heterocycles. The van der Waals surface area contributed by atoms with Crippen molar-refractivity contribution in [1.82, 2.24) is 4.90 Å². The van der Waals surface area contributed by atoms with Crippen molar-refractivity contribution in [1.29, 1.82) is 0 Å². The lowest BCUT2D eigenvalue weighted by Gasteiger charge is -2.31. The van der Waals surface area contributed by atoms with E-state index < -0.39 is 0 Å². The van der Waals surface area contributed by atoms with Crippen LogP contribution in [0, 0.1) is 5.92 Å². The SMILES string of the molecule is NC(=O)[C@@H]1CC(=O)N(C2CCCCC2)C1. The highest BCUT2D eigenvalue weighted by Crippen LogP contribution is 2.28. The summed E-state index contributed by atoms with van der Waals surface area (Å²) in [7, 11) is 0. The molecule has 0 aromatic rings. The van der Waals surface area contributed by atoms with E-state index in [1.165, 1.54) is 19.3 Å². The Kier molecular flexibility index (Phi) is 2.93. The van der Waals surface area contributed by atoms with Gasteiger partial charge in [-0.3, -0.25) is 9.59 Å². The first-order valence-corrected chi connectivity index (χ1v) is 5.77. The second-order valence-corrected chi connectivity index (χ2v) is 4.64. The van der Waals surface area contributed by atoms with Gasteiger partial charge in [0.25, 0.3) is 0 Å². The molecule has 2 N–H and O–H groups in total. The van der Waals surface area contributed by atoms with E-state index in [0.29, 0.717) is 19.0 Å². The number of likely N-dealkylation sites (tertiary alicyclic amines) is 1. The van der Waals surface area contributed by atoms with Crippen LogP contribution in [0.3, 0.4) is 0 Å². The first kappa shape index (κ1) is 10.5. The van der Waals surface area contributed by atoms with Crippen molar-refractivity contribution in [2.75, 3.05) is 6.54 Å². The molecule has 4 nitrogen and oxygen atoms in total. The maximum atomic E-state index is 11.7. The molecule has 0 bridgehead atoms. The third-order valence-electron chi connectivity index (χ3n) is 3.58. The van der Waals surface area contributed by atoms with Gasteiger partial charge in [-0.2, -0.15) is 0 Å². The van der Waals surface area contributed by atoms with Crippen LogP contribution in [0.2, 0.25) is 0 Å². The van der Waals surface area contributed by atoms with Gasteiger partial charge in [0.2, 0.25) is 11.8 Å². The number of hydrogen-bond acceptors (Lipinski definition) is 2. The summed E-state index contributed by atoms with van der Waals surface area (Å²) in [5.41, 5.74) is 5.23. The Balaban J connectivity index is 1.97. The van der Waals surface area contributed by atoms with E-state index in [0.717, 1.165) is 12.8 Å². The fraction of sp³-hybridized carbons (Fsp3) is 0.818. The Labute approximate surface area is 89.8 Å². The monoisotopic (exact) mass is 210 g/mol. The Morgan fingerprint density at radius 3 is 2.47 bits per heavy atom. The number of amides is 2. The molecule has 0 aromatic carbocycles. The Bertz CT molecular complexity index is 272. The average Bonchev–Trinajstić information content (AvgIpc) is 2.62. The van der Waals surface area contributed by atoms with E-state index >= 15 is 0 Å². The summed E-state index contributed by atoms with van der Waals surface area (Å²) in [4.78, 5) is 24.6. The van der Waals surface area contributed by atoms with Gasteiger partial charge in [-0.15, -0.1) is 0 Å². The number of nitrogens with zero attached hydrogens (tertiary/aromatic N) is 1. The van der Waals surface area contributed by atoms with Crippen LogP contribution in [0.4, 0.5) is 0 Å². The van der Waals surface area contributed by atoms with Crippen LogP contribution in [0.25, 0.3) is 0 Å². The summed E-state index contributed by atoms with van der Waals surface area (Å²) in [6.07, 6.45) is 6.20. The summed E-state index contributed by atoms with van der Waals surface area (Å²) in [5, 5.41) is 0. The van der Waals surface area contributed by atoms with E-state index in [1.54, 1.807) is 0 Å². The number of hydrogen-bond donors (Lipinski definition) is 1. The van der Waals surface area contributed by atoms with Crippen LogP contribution in [-0.4, -0.2) is 29.3 Å². The lowest BCUT2D eigenvalue weighted by atomic mass is 9.94. The molecule has 2 rings (SSSR count). The molecule has 15 heavy (non-hydrogen) atoms. The summed E-state index contributed by atoms with van der Waals surface area (Å²) < 4.78 is 0. The number of carbonyl (C=O) groups is 2. The highest BCUT2D eigenvalue weighted by atomic mass is 16.2. The molecule has 0 radical (unpaired) electrons. The van der Waals surface area contributed by atoms with Gasteiger partial charge in [0.15, 0.2) is 0 Å². The first-order chi connectivity index (χ1) is 7.18. The van der Waals surface area contributed by atoms with E-state index in [4.69, 9.17) is 5.73 Å². The quantitative estimate of drug-likeness (QED) is 0.727. The van der Waals surface area contributed by atoms with Crippen LogP contribution in [0.1, 0.15) is 38.5 Å². The van der Waals surface area contributed by atoms with Gasteiger partial charge in [0, 0.05) is 19.0 Å². The first-order valence-electron chi connectivity index (χ1n) is 5.77. The molecule has 1 saturated carbocycles. The maximum Gasteiger partial charge on any atom is 0.223 e. The number of rotatable bonds is 2. The van der Waals surface area contributed by atoms with Crippen molar-refractivity contribution in [2.24, 2.45) is 11.7 Å². The maximum absolute atomic E-state index is 11.7. The molecule has 1 heterocycles. The molecule has 1 aliphatic heterocycles. The highest BCUT2D eigenvalue weighted by molar-refractivity contribution is 5.88. The molecule has 0 unspecified atom stereocenters. The molecule has 0 aromatic heterocycles. The number of carbonyl (C=O) groups excluding carboxylic acids is 2. The normalized spacial score (nSPS) is 28.4. The smallest absolute Gasteiger partial charge is 0.223 e. The molecular formula is C11H18N2O2. The van der Waals surface area contributed by atoms with Crippen molar-refractivity contribution in [3.05, 3.63) is 0 Å². The molecule has 2 aliphatic rings. The predicted molar refractivity (Wildman–Crippen MR) is 55.9 cm³/mol. The third-order valence-corrected chi connectivity index (χ3v) is 3.58. The Morgan fingerprint density at radius 2 is 1.93 bits per heavy atom. The van der Waals surface area contributed by atoms with E-state index in [2.05, 4.69) is 0 Å². The van der Waals surface area contributed by atoms with Crippen molar-refractivity contribution in [3.8, 4) is 0 Å². The van der Waals surface area contributed by atoms with Crippen molar-refractivity contribution in [2.45, 2.75) is 44.6 Å². The van der Waals surface area contributed by atoms with Gasteiger partial charge in [-0.05, 0) is 12.8 Å². The molecule has 0 spiro atoms. The van der Waals surface area contributed by atoms with Crippen molar-refractivity contribution in [3.63, 3.8) is 0 Å². The second-order valence-electron chi connectivity index (χ2n) is 4.64. The summed E-state index contributed by atoms with van der Waals surface area (Å²) in [6.45, 7) is 0.554. The van der Waals surface area contributed by atoms with Gasteiger partial charge in [0.05, 0.1) is 5.92 Å². The van der Waals surface area contributed by atoms with Crippen LogP contribution >= 0.6 is 0 Å². The standard InChI is InChI=1S/C11H18N2O2/c12-11(15)8-6-10(14)13(7-8)9-4-2-1-3-5-9/h8-9H,1-7H2,(H2,12,15)/t8-/m1/s1. The molecule has 4 heteroatoms. The molecule has 1 aliphatic carbocycles. The minimum Gasteiger partial charge on any atom is -0.369 e. The van der Waals surface area contributed by atoms with Crippen molar-refractivity contribution >= 4 is 11.8 Å². The molecule has 2 fully saturated rings. The summed E-state index contributed by atoms with van der Waals surface area (Å²) in [6, 6.07) is 0.371. The zero-order chi connectivity index (χ0) is 10.8. The largest absolute Gasteiger partial charge is 0.369 e. The Morgan fingerprint density at radius 1 is 1.27 bits per heavy atom. The molecular weight excluding hydrogens is 192 g/mol. The Hall–Kier alpha value is -1.06. The zero-order valence-electron chi connectivity index (χ0n) is 8.95. The zero-order valence-corrected chi connectivity index (χ0v) is 8.95. The van der Waals surface area contributed by atoms with Crippen LogP contribution in [-0.2, 0) is 9.59 Å². The number of nitrogens with two attached hydrogens (primary N) is 1. The third kappa shape index (κ3) is 2.13. The fourth-order valence-corrected chi connectivity index (χ4v) is 2.67. The van der Waals surface area contributed by atoms with Crippen LogP contribution in [0.5, 0.6) is 0 Å². The minimum atomic E-state index is -0.332. The molecule has 1 atom stereocenters. The summed E-state index contributed by atoms with van der Waals surface area (Å²) in [5.74, 6) is -0.466. The van der Waals surface area contributed by atoms with Crippen molar-refractivity contribution < 1.29 is 9.59 Å². The molecule has 2 amide bonds. The van der Waals surface area contributed by atoms with Crippen LogP contribution in [0.15, 0.2) is 0 Å². The highest BCUT2D eigenvalue weighted by Gasteiger charge is 2.37. The van der Waals surface area contributed by atoms with E-state index in [1.807, 2.05) is 4.90 Å². The average molecular weight is 210 g/mol. The predicted octanol–water partition coefficient (Wildman–Crippen LogP) is 0.653. The second kappa shape index (κ2) is 4.21. The van der Waals surface area contributed by atoms with Gasteiger partial charge >= 0.3 is 0 Å². The topological polar surface area (TPSA) is 63.4 Å². The van der Waals surface area contributed by atoms with Gasteiger partial charge in [0.1, 0.15) is 0 Å². The lowest BCUT2D eigenvalue weighted by molar-refractivity contribution is -0.130. The molecule has 84 valence electrons.